The molecule has 0 N–H and O–H groups in total. The van der Waals surface area contributed by atoms with Gasteiger partial charge in [0.1, 0.15) is 12.7 Å². The molecule has 0 spiro atoms. The van der Waals surface area contributed by atoms with E-state index < -0.39 is 0 Å². The number of ether oxygens (including phenoxy) is 1. The van der Waals surface area contributed by atoms with Crippen LogP contribution in [-0.2, 0) is 4.74 Å². The molecule has 1 aromatic rings. The van der Waals surface area contributed by atoms with Gasteiger partial charge in [0, 0.05) is 12.1 Å². The van der Waals surface area contributed by atoms with E-state index in [2.05, 4.69) is 30.8 Å². The van der Waals surface area contributed by atoms with Crippen LogP contribution >= 0.6 is 0 Å². The lowest BCUT2D eigenvalue weighted by atomic mass is 10.2. The molecule has 86 valence electrons. The van der Waals surface area contributed by atoms with Crippen LogP contribution < -0.4 is 0 Å². The third-order valence-electron chi connectivity index (χ3n) is 2.45. The molecule has 0 saturated heterocycles. The second-order valence-corrected chi connectivity index (χ2v) is 3.47. The van der Waals surface area contributed by atoms with Gasteiger partial charge < -0.3 is 9.64 Å². The molecular formula is C14H19NO. The van der Waals surface area contributed by atoms with Gasteiger partial charge in [-0.2, -0.15) is 0 Å². The molecule has 0 aliphatic heterocycles. The van der Waals surface area contributed by atoms with Crippen molar-refractivity contribution in [3.05, 3.63) is 35.9 Å². The van der Waals surface area contributed by atoms with E-state index >= 15 is 0 Å². The SMILES string of the molecule is CCN(CC)CCOC#Cc1ccccc1. The number of benzene rings is 1. The Kier molecular flexibility index (Phi) is 6.13. The van der Waals surface area contributed by atoms with Gasteiger partial charge in [-0.05, 0) is 31.1 Å². The van der Waals surface area contributed by atoms with E-state index in [0.717, 1.165) is 25.2 Å². The largest absolute Gasteiger partial charge is 0.445 e. The van der Waals surface area contributed by atoms with Crippen LogP contribution in [0, 0.1) is 12.0 Å². The molecule has 1 aromatic carbocycles. The van der Waals surface area contributed by atoms with Crippen LogP contribution in [0.1, 0.15) is 19.4 Å². The second-order valence-electron chi connectivity index (χ2n) is 3.47. The van der Waals surface area contributed by atoms with Crippen molar-refractivity contribution in [3.8, 4) is 12.0 Å². The van der Waals surface area contributed by atoms with Gasteiger partial charge in [-0.15, -0.1) is 0 Å². The van der Waals surface area contributed by atoms with Gasteiger partial charge in [-0.3, -0.25) is 0 Å². The van der Waals surface area contributed by atoms with Gasteiger partial charge in [0.2, 0.25) is 0 Å². The van der Waals surface area contributed by atoms with Crippen molar-refractivity contribution in [1.29, 1.82) is 0 Å². The van der Waals surface area contributed by atoms with Gasteiger partial charge in [0.05, 0.1) is 0 Å². The summed E-state index contributed by atoms with van der Waals surface area (Å²) in [5.41, 5.74) is 0.991. The van der Waals surface area contributed by atoms with E-state index in [0.29, 0.717) is 6.61 Å². The molecule has 1 rings (SSSR count). The molecule has 0 saturated carbocycles. The highest BCUT2D eigenvalue weighted by atomic mass is 16.5. The summed E-state index contributed by atoms with van der Waals surface area (Å²) < 4.78 is 5.27. The van der Waals surface area contributed by atoms with E-state index in [1.165, 1.54) is 0 Å². The molecule has 0 bridgehead atoms. The third-order valence-corrected chi connectivity index (χ3v) is 2.45. The number of nitrogens with zero attached hydrogens (tertiary/aromatic N) is 1. The van der Waals surface area contributed by atoms with Crippen molar-refractivity contribution >= 4 is 0 Å². The van der Waals surface area contributed by atoms with E-state index in [1.807, 2.05) is 30.3 Å². The van der Waals surface area contributed by atoms with Crippen LogP contribution in [0.5, 0.6) is 0 Å². The Hall–Kier alpha value is -1.46. The quantitative estimate of drug-likeness (QED) is 0.554. The Morgan fingerprint density at radius 2 is 1.81 bits per heavy atom. The van der Waals surface area contributed by atoms with Gasteiger partial charge in [0.25, 0.3) is 0 Å². The van der Waals surface area contributed by atoms with Gasteiger partial charge in [-0.25, -0.2) is 0 Å². The fourth-order valence-corrected chi connectivity index (χ4v) is 1.38. The predicted octanol–water partition coefficient (Wildman–Crippen LogP) is 2.35. The minimum atomic E-state index is 0.668. The first kappa shape index (κ1) is 12.6. The molecule has 0 unspecified atom stereocenters. The molecule has 2 heteroatoms. The number of hydrogen-bond acceptors (Lipinski definition) is 2. The standard InChI is InChI=1S/C14H19NO/c1-3-15(4-2)11-13-16-12-10-14-8-6-5-7-9-14/h5-9H,3-4,11,13H2,1-2H3. The molecule has 0 radical (unpaired) electrons. The van der Waals surface area contributed by atoms with Crippen molar-refractivity contribution < 1.29 is 4.74 Å². The lowest BCUT2D eigenvalue weighted by Gasteiger charge is -2.16. The summed E-state index contributed by atoms with van der Waals surface area (Å²) in [6, 6.07) is 9.87. The third kappa shape index (κ3) is 4.86. The maximum Gasteiger partial charge on any atom is 0.115 e. The summed E-state index contributed by atoms with van der Waals surface area (Å²) >= 11 is 0. The highest BCUT2D eigenvalue weighted by molar-refractivity contribution is 5.32. The normalized spacial score (nSPS) is 9.69. The fourth-order valence-electron chi connectivity index (χ4n) is 1.38. The van der Waals surface area contributed by atoms with Crippen LogP contribution in [0.4, 0.5) is 0 Å². The average Bonchev–Trinajstić information content (AvgIpc) is 2.35. The minimum Gasteiger partial charge on any atom is -0.445 e. The molecule has 0 aliphatic rings. The second kappa shape index (κ2) is 7.78. The Morgan fingerprint density at radius 3 is 2.44 bits per heavy atom. The van der Waals surface area contributed by atoms with Crippen molar-refractivity contribution in [3.63, 3.8) is 0 Å². The predicted molar refractivity (Wildman–Crippen MR) is 67.1 cm³/mol. The smallest absolute Gasteiger partial charge is 0.115 e. The molecule has 0 fully saturated rings. The fraction of sp³-hybridized carbons (Fsp3) is 0.429. The lowest BCUT2D eigenvalue weighted by Crippen LogP contribution is -2.26. The van der Waals surface area contributed by atoms with E-state index in [9.17, 15) is 0 Å². The van der Waals surface area contributed by atoms with E-state index in [4.69, 9.17) is 4.74 Å². The van der Waals surface area contributed by atoms with Gasteiger partial charge in [-0.1, -0.05) is 32.0 Å². The van der Waals surface area contributed by atoms with Crippen LogP contribution in [0.25, 0.3) is 0 Å². The topological polar surface area (TPSA) is 12.5 Å². The minimum absolute atomic E-state index is 0.668. The van der Waals surface area contributed by atoms with Crippen molar-refractivity contribution in [2.45, 2.75) is 13.8 Å². The first-order valence-corrected chi connectivity index (χ1v) is 5.77. The highest BCUT2D eigenvalue weighted by Crippen LogP contribution is 1.94. The van der Waals surface area contributed by atoms with Crippen molar-refractivity contribution in [2.75, 3.05) is 26.2 Å². The summed E-state index contributed by atoms with van der Waals surface area (Å²) in [4.78, 5) is 2.31. The molecule has 0 atom stereocenters. The van der Waals surface area contributed by atoms with Crippen LogP contribution in [0.2, 0.25) is 0 Å². The van der Waals surface area contributed by atoms with Gasteiger partial charge in [0.15, 0.2) is 0 Å². The lowest BCUT2D eigenvalue weighted by molar-refractivity contribution is 0.202. The Labute approximate surface area is 98.2 Å². The van der Waals surface area contributed by atoms with Crippen LogP contribution in [-0.4, -0.2) is 31.1 Å². The highest BCUT2D eigenvalue weighted by Gasteiger charge is 1.96. The first-order valence-electron chi connectivity index (χ1n) is 5.77. The van der Waals surface area contributed by atoms with Crippen LogP contribution in [0.3, 0.4) is 0 Å². The summed E-state index contributed by atoms with van der Waals surface area (Å²) in [7, 11) is 0. The van der Waals surface area contributed by atoms with E-state index in [-0.39, 0.29) is 0 Å². The molecule has 0 aromatic heterocycles. The summed E-state index contributed by atoms with van der Waals surface area (Å²) in [6.45, 7) is 8.04. The average molecular weight is 217 g/mol. The van der Waals surface area contributed by atoms with Crippen molar-refractivity contribution in [1.82, 2.24) is 4.90 Å². The molecule has 0 aliphatic carbocycles. The molecular weight excluding hydrogens is 198 g/mol. The number of rotatable bonds is 5. The van der Waals surface area contributed by atoms with Crippen molar-refractivity contribution in [2.24, 2.45) is 0 Å². The molecule has 16 heavy (non-hydrogen) atoms. The summed E-state index contributed by atoms with van der Waals surface area (Å²) in [6.07, 6.45) is 2.73. The number of likely N-dealkylation sites (N-methyl/N-ethyl adjacent to an activating group) is 1. The Balaban J connectivity index is 2.23. The zero-order chi connectivity index (χ0) is 11.6. The first-order chi connectivity index (χ1) is 7.86. The Morgan fingerprint density at radius 1 is 1.12 bits per heavy atom. The Bertz CT molecular complexity index is 333. The molecule has 2 nitrogen and oxygen atoms in total. The summed E-state index contributed by atoms with van der Waals surface area (Å²) in [5, 5.41) is 0. The number of hydrogen-bond donors (Lipinski definition) is 0. The van der Waals surface area contributed by atoms with Crippen LogP contribution in [0.15, 0.2) is 30.3 Å². The van der Waals surface area contributed by atoms with E-state index in [1.54, 1.807) is 0 Å². The zero-order valence-corrected chi connectivity index (χ0v) is 10.1. The van der Waals surface area contributed by atoms with Gasteiger partial charge >= 0.3 is 0 Å². The molecule has 0 amide bonds. The zero-order valence-electron chi connectivity index (χ0n) is 10.1. The molecule has 0 heterocycles. The summed E-state index contributed by atoms with van der Waals surface area (Å²) in [5.74, 6) is 2.96. The maximum absolute atomic E-state index is 5.27. The monoisotopic (exact) mass is 217 g/mol. The maximum atomic E-state index is 5.27.